The third-order valence-electron chi connectivity index (χ3n) is 11.4. The van der Waals surface area contributed by atoms with Crippen LogP contribution in [-0.4, -0.2) is 109 Å². The lowest BCUT2D eigenvalue weighted by Crippen LogP contribution is -2.54. The van der Waals surface area contributed by atoms with E-state index < -0.39 is 44.8 Å². The minimum absolute atomic E-state index is 0.0605. The van der Waals surface area contributed by atoms with E-state index in [4.69, 9.17) is 21.1 Å². The molecule has 4 aromatic rings. The number of carbonyl (C=O) groups is 4. The van der Waals surface area contributed by atoms with Crippen LogP contribution in [0.25, 0.3) is 0 Å². The van der Waals surface area contributed by atoms with Gasteiger partial charge in [0, 0.05) is 25.2 Å². The molecule has 2 fully saturated rings. The van der Waals surface area contributed by atoms with E-state index in [0.717, 1.165) is 42.9 Å². The third-order valence-corrected chi connectivity index (χ3v) is 13.9. The normalized spacial score (nSPS) is 17.3. The van der Waals surface area contributed by atoms with Gasteiger partial charge in [0.2, 0.25) is 17.8 Å². The summed E-state index contributed by atoms with van der Waals surface area (Å²) in [5.74, 6) is -0.657. The summed E-state index contributed by atoms with van der Waals surface area (Å²) in [6.45, 7) is 13.2. The lowest BCUT2D eigenvalue weighted by Gasteiger charge is -2.33. The predicted molar refractivity (Wildman–Crippen MR) is 240 cm³/mol. The van der Waals surface area contributed by atoms with Gasteiger partial charge in [0.1, 0.15) is 16.8 Å². The summed E-state index contributed by atoms with van der Waals surface area (Å²) in [5.41, 5.74) is 4.31. The summed E-state index contributed by atoms with van der Waals surface area (Å²) < 4.78 is 38.4. The van der Waals surface area contributed by atoms with Gasteiger partial charge in [-0.1, -0.05) is 29.8 Å². The van der Waals surface area contributed by atoms with E-state index in [1.54, 1.807) is 56.3 Å². The Labute approximate surface area is 372 Å². The van der Waals surface area contributed by atoms with Crippen LogP contribution in [0.3, 0.4) is 0 Å². The Kier molecular flexibility index (Phi) is 14.0. The number of amides is 4. The molecule has 16 nitrogen and oxygen atoms in total. The summed E-state index contributed by atoms with van der Waals surface area (Å²) in [5, 5.41) is 11.5. The van der Waals surface area contributed by atoms with Crippen LogP contribution in [-0.2, 0) is 24.2 Å². The van der Waals surface area contributed by atoms with Crippen molar-refractivity contribution >= 4 is 73.9 Å². The first-order valence-corrected chi connectivity index (χ1v) is 23.1. The number of piperidine rings is 2. The molecule has 1 atom stereocenters. The highest BCUT2D eigenvalue weighted by Crippen LogP contribution is 2.39. The highest BCUT2D eigenvalue weighted by Gasteiger charge is 2.45. The standard InChI is InChI=1S/C45H53ClN8O8S/c1-26(2)62-37-24-31(28(5)23-35(37)50-45-48-25-32(46)41(52-45)49-33-10-6-7-12-38(33)63(59,60)27(3)4)29-15-18-53(19-16-29)20-22-61-21-17-47-34-11-8-9-30-40(34)44(58)54(43(30)57)36-13-14-39(55)51-42(36)56/h6-12,23-27,29,36,47H,13-22H2,1-5H3,(H,51,55,56)(H2,48,49,50,52). The Hall–Kier alpha value is -5.62. The molecule has 18 heteroatoms. The van der Waals surface area contributed by atoms with Gasteiger partial charge in [-0.15, -0.1) is 0 Å². The van der Waals surface area contributed by atoms with Gasteiger partial charge >= 0.3 is 0 Å². The lowest BCUT2D eigenvalue weighted by atomic mass is 9.86. The van der Waals surface area contributed by atoms with E-state index in [1.165, 1.54) is 11.8 Å². The van der Waals surface area contributed by atoms with Gasteiger partial charge in [0.25, 0.3) is 11.8 Å². The first-order chi connectivity index (χ1) is 30.1. The van der Waals surface area contributed by atoms with Gasteiger partial charge in [-0.25, -0.2) is 13.4 Å². The summed E-state index contributed by atoms with van der Waals surface area (Å²) >= 11 is 6.51. The zero-order chi connectivity index (χ0) is 45.0. The molecule has 334 valence electrons. The van der Waals surface area contributed by atoms with E-state index in [0.29, 0.717) is 48.5 Å². The minimum Gasteiger partial charge on any atom is -0.489 e. The number of para-hydroxylation sites is 1. The van der Waals surface area contributed by atoms with E-state index in [-0.39, 0.29) is 51.8 Å². The molecule has 63 heavy (non-hydrogen) atoms. The predicted octanol–water partition coefficient (Wildman–Crippen LogP) is 6.60. The summed E-state index contributed by atoms with van der Waals surface area (Å²) in [6.07, 6.45) is 3.44. The monoisotopic (exact) mass is 900 g/mol. The fourth-order valence-electron chi connectivity index (χ4n) is 8.11. The number of hydrogen-bond acceptors (Lipinski definition) is 14. The molecule has 0 bridgehead atoms. The number of sulfone groups is 1. The lowest BCUT2D eigenvalue weighted by molar-refractivity contribution is -0.136. The highest BCUT2D eigenvalue weighted by atomic mass is 35.5. The van der Waals surface area contributed by atoms with Crippen LogP contribution in [0, 0.1) is 6.92 Å². The van der Waals surface area contributed by atoms with E-state index in [1.807, 2.05) is 19.9 Å². The topological polar surface area (TPSA) is 201 Å². The van der Waals surface area contributed by atoms with Gasteiger partial charge < -0.3 is 30.3 Å². The summed E-state index contributed by atoms with van der Waals surface area (Å²) in [6, 6.07) is 14.8. The van der Waals surface area contributed by atoms with Crippen LogP contribution in [0.15, 0.2) is 65.7 Å². The maximum Gasteiger partial charge on any atom is 0.264 e. The smallest absolute Gasteiger partial charge is 0.264 e. The first kappa shape index (κ1) is 45.4. The number of likely N-dealkylation sites (tertiary alicyclic amines) is 1. The van der Waals surface area contributed by atoms with Crippen molar-refractivity contribution in [1.29, 1.82) is 0 Å². The molecule has 3 aliphatic rings. The number of rotatable bonds is 17. The van der Waals surface area contributed by atoms with Crippen LogP contribution in [0.5, 0.6) is 5.75 Å². The molecule has 0 aliphatic carbocycles. The third kappa shape index (κ3) is 10.1. The Morgan fingerprint density at radius 1 is 0.905 bits per heavy atom. The summed E-state index contributed by atoms with van der Waals surface area (Å²) in [7, 11) is -3.58. The highest BCUT2D eigenvalue weighted by molar-refractivity contribution is 7.92. The molecule has 0 spiro atoms. The molecule has 7 rings (SSSR count). The average Bonchev–Trinajstić information content (AvgIpc) is 3.50. The van der Waals surface area contributed by atoms with Gasteiger partial charge in [-0.05, 0) is 120 Å². The van der Waals surface area contributed by atoms with Crippen molar-refractivity contribution in [3.05, 3.63) is 88.1 Å². The van der Waals surface area contributed by atoms with Crippen molar-refractivity contribution in [2.75, 3.05) is 55.3 Å². The quantitative estimate of drug-likeness (QED) is 0.0652. The van der Waals surface area contributed by atoms with Crippen LogP contribution in [0.1, 0.15) is 91.1 Å². The van der Waals surface area contributed by atoms with Crippen LogP contribution >= 0.6 is 11.6 Å². The van der Waals surface area contributed by atoms with Crippen molar-refractivity contribution in [2.45, 2.75) is 88.5 Å². The van der Waals surface area contributed by atoms with Crippen molar-refractivity contribution in [3.63, 3.8) is 0 Å². The van der Waals surface area contributed by atoms with Gasteiger partial charge in [0.15, 0.2) is 15.7 Å². The van der Waals surface area contributed by atoms with E-state index >= 15 is 0 Å². The Morgan fingerprint density at radius 3 is 2.38 bits per heavy atom. The number of ether oxygens (including phenoxy) is 2. The number of aromatic nitrogens is 2. The number of nitrogens with zero attached hydrogens (tertiary/aromatic N) is 4. The molecule has 0 saturated carbocycles. The SMILES string of the molecule is Cc1cc(Nc2ncc(Cl)c(Nc3ccccc3S(=O)(=O)C(C)C)n2)c(OC(C)C)cc1C1CCN(CCOCCNc2cccc3c2C(=O)N(C2CCC(=O)NC2=O)C3=O)CC1. The number of nitrogens with one attached hydrogen (secondary N) is 4. The van der Waals surface area contributed by atoms with Gasteiger partial charge in [0.05, 0.1) is 58.2 Å². The van der Waals surface area contributed by atoms with Crippen molar-refractivity contribution < 1.29 is 37.1 Å². The number of carbonyl (C=O) groups excluding carboxylic acids is 4. The molecule has 4 N–H and O–H groups in total. The largest absolute Gasteiger partial charge is 0.489 e. The van der Waals surface area contributed by atoms with E-state index in [9.17, 15) is 27.6 Å². The number of fused-ring (bicyclic) bond motifs is 1. The zero-order valence-electron chi connectivity index (χ0n) is 36.0. The molecule has 3 aliphatic heterocycles. The molecule has 4 heterocycles. The van der Waals surface area contributed by atoms with Crippen molar-refractivity contribution in [2.24, 2.45) is 0 Å². The molecule has 4 amide bonds. The molecule has 2 saturated heterocycles. The number of anilines is 5. The maximum atomic E-state index is 13.4. The van der Waals surface area contributed by atoms with Gasteiger partial charge in [-0.2, -0.15) is 4.98 Å². The molecule has 1 aromatic heterocycles. The number of imide groups is 2. The maximum absolute atomic E-state index is 13.4. The second-order valence-electron chi connectivity index (χ2n) is 16.4. The minimum atomic E-state index is -3.58. The Morgan fingerprint density at radius 2 is 1.65 bits per heavy atom. The molecule has 1 unspecified atom stereocenters. The Bertz CT molecular complexity index is 2510. The number of benzene rings is 3. The van der Waals surface area contributed by atoms with Crippen molar-refractivity contribution in [3.8, 4) is 5.75 Å². The molecular weight excluding hydrogens is 848 g/mol. The van der Waals surface area contributed by atoms with Crippen LogP contribution in [0.2, 0.25) is 5.02 Å². The summed E-state index contributed by atoms with van der Waals surface area (Å²) in [4.78, 5) is 63.2. The molecule has 3 aromatic carbocycles. The van der Waals surface area contributed by atoms with Crippen LogP contribution < -0.4 is 26.0 Å². The molecule has 0 radical (unpaired) electrons. The number of aryl methyl sites for hydroxylation is 1. The Balaban J connectivity index is 0.914. The number of halogens is 1. The van der Waals surface area contributed by atoms with Gasteiger partial charge in [-0.3, -0.25) is 29.4 Å². The number of hydrogen-bond donors (Lipinski definition) is 4. The average molecular weight is 901 g/mol. The second-order valence-corrected chi connectivity index (χ2v) is 19.3. The fraction of sp³-hybridized carbons (Fsp3) is 0.422. The van der Waals surface area contributed by atoms with Crippen LogP contribution in [0.4, 0.5) is 28.8 Å². The zero-order valence-corrected chi connectivity index (χ0v) is 37.6. The fourth-order valence-corrected chi connectivity index (χ4v) is 9.45. The second kappa shape index (κ2) is 19.4. The molecular formula is C45H53ClN8O8S. The van der Waals surface area contributed by atoms with Crippen molar-refractivity contribution in [1.82, 2.24) is 25.1 Å². The van der Waals surface area contributed by atoms with E-state index in [2.05, 4.69) is 49.1 Å². The first-order valence-electron chi connectivity index (χ1n) is 21.2.